The number of rotatable bonds is 5. The van der Waals surface area contributed by atoms with E-state index in [1.54, 1.807) is 12.3 Å². The van der Waals surface area contributed by atoms with Crippen molar-refractivity contribution in [2.24, 2.45) is 0 Å². The topological polar surface area (TPSA) is 56.9 Å². The summed E-state index contributed by atoms with van der Waals surface area (Å²) < 4.78 is 0.892. The highest BCUT2D eigenvalue weighted by Crippen LogP contribution is 2.17. The molecular formula is C10H14BrN3O. The molecule has 0 radical (unpaired) electrons. The Morgan fingerprint density at radius 2 is 2.33 bits per heavy atom. The average Bonchev–Trinajstić information content (AvgIpc) is 2.94. The van der Waals surface area contributed by atoms with Gasteiger partial charge >= 0.3 is 0 Å². The molecule has 1 fully saturated rings. The minimum atomic E-state index is -0.0571. The van der Waals surface area contributed by atoms with Crippen LogP contribution in [0.5, 0.6) is 0 Å². The van der Waals surface area contributed by atoms with Crippen molar-refractivity contribution in [3.8, 4) is 0 Å². The van der Waals surface area contributed by atoms with E-state index in [1.165, 1.54) is 12.8 Å². The van der Waals surface area contributed by atoms with Crippen LogP contribution in [0.15, 0.2) is 16.7 Å². The van der Waals surface area contributed by atoms with Crippen LogP contribution < -0.4 is 10.6 Å². The SMILES string of the molecule is O=C(NCCNC1CC1)c1cc(Br)c[nH]1. The molecule has 3 N–H and O–H groups in total. The van der Waals surface area contributed by atoms with Crippen LogP contribution in [0.2, 0.25) is 0 Å². The monoisotopic (exact) mass is 271 g/mol. The molecule has 1 aromatic heterocycles. The van der Waals surface area contributed by atoms with Gasteiger partial charge in [0, 0.05) is 29.8 Å². The van der Waals surface area contributed by atoms with Gasteiger partial charge in [-0.2, -0.15) is 0 Å². The molecule has 5 heteroatoms. The fourth-order valence-electron chi connectivity index (χ4n) is 1.33. The summed E-state index contributed by atoms with van der Waals surface area (Å²) in [4.78, 5) is 14.4. The molecule has 4 nitrogen and oxygen atoms in total. The summed E-state index contributed by atoms with van der Waals surface area (Å²) in [7, 11) is 0. The molecular weight excluding hydrogens is 258 g/mol. The van der Waals surface area contributed by atoms with Gasteiger partial charge in [0.25, 0.3) is 5.91 Å². The number of carbonyl (C=O) groups is 1. The highest BCUT2D eigenvalue weighted by Gasteiger charge is 2.19. The maximum atomic E-state index is 11.5. The second kappa shape index (κ2) is 4.81. The summed E-state index contributed by atoms with van der Waals surface area (Å²) in [5, 5.41) is 6.18. The fourth-order valence-corrected chi connectivity index (χ4v) is 1.68. The maximum absolute atomic E-state index is 11.5. The van der Waals surface area contributed by atoms with Gasteiger partial charge in [0.1, 0.15) is 5.69 Å². The third-order valence-corrected chi connectivity index (χ3v) is 2.77. The molecule has 1 aliphatic carbocycles. The van der Waals surface area contributed by atoms with Crippen LogP contribution in [0.1, 0.15) is 23.3 Å². The second-order valence-corrected chi connectivity index (χ2v) is 4.63. The highest BCUT2D eigenvalue weighted by atomic mass is 79.9. The molecule has 1 saturated carbocycles. The molecule has 82 valence electrons. The molecule has 2 rings (SSSR count). The lowest BCUT2D eigenvalue weighted by molar-refractivity contribution is 0.0949. The van der Waals surface area contributed by atoms with Crippen molar-refractivity contribution in [2.45, 2.75) is 18.9 Å². The van der Waals surface area contributed by atoms with E-state index in [9.17, 15) is 4.79 Å². The minimum absolute atomic E-state index is 0.0571. The van der Waals surface area contributed by atoms with Gasteiger partial charge in [0.05, 0.1) is 0 Å². The molecule has 1 aromatic rings. The van der Waals surface area contributed by atoms with Crippen molar-refractivity contribution in [3.63, 3.8) is 0 Å². The molecule has 0 aromatic carbocycles. The van der Waals surface area contributed by atoms with Crippen molar-refractivity contribution in [1.29, 1.82) is 0 Å². The van der Waals surface area contributed by atoms with Crippen molar-refractivity contribution in [1.82, 2.24) is 15.6 Å². The van der Waals surface area contributed by atoms with Gasteiger partial charge in [-0.3, -0.25) is 4.79 Å². The highest BCUT2D eigenvalue weighted by molar-refractivity contribution is 9.10. The van der Waals surface area contributed by atoms with Gasteiger partial charge in [-0.05, 0) is 34.8 Å². The van der Waals surface area contributed by atoms with E-state index in [0.29, 0.717) is 18.3 Å². The molecule has 1 amide bonds. The molecule has 0 aliphatic heterocycles. The standard InChI is InChI=1S/C10H14BrN3O/c11-7-5-9(14-6-7)10(15)13-4-3-12-8-1-2-8/h5-6,8,12,14H,1-4H2,(H,13,15). The Kier molecular flexibility index (Phi) is 3.43. The number of nitrogens with one attached hydrogen (secondary N) is 3. The molecule has 0 spiro atoms. The van der Waals surface area contributed by atoms with E-state index in [4.69, 9.17) is 0 Å². The minimum Gasteiger partial charge on any atom is -0.356 e. The number of hydrogen-bond acceptors (Lipinski definition) is 2. The summed E-state index contributed by atoms with van der Waals surface area (Å²) >= 11 is 3.29. The number of carbonyl (C=O) groups excluding carboxylic acids is 1. The van der Waals surface area contributed by atoms with Crippen LogP contribution in [-0.2, 0) is 0 Å². The summed E-state index contributed by atoms with van der Waals surface area (Å²) in [5.74, 6) is -0.0571. The van der Waals surface area contributed by atoms with Crippen LogP contribution in [0.3, 0.4) is 0 Å². The summed E-state index contributed by atoms with van der Waals surface area (Å²) in [6, 6.07) is 2.46. The molecule has 0 saturated heterocycles. The third kappa shape index (κ3) is 3.35. The van der Waals surface area contributed by atoms with E-state index >= 15 is 0 Å². The average molecular weight is 272 g/mol. The Labute approximate surface area is 97.0 Å². The lowest BCUT2D eigenvalue weighted by Gasteiger charge is -2.04. The number of hydrogen-bond donors (Lipinski definition) is 3. The van der Waals surface area contributed by atoms with Crippen molar-refractivity contribution in [2.75, 3.05) is 13.1 Å². The number of halogens is 1. The molecule has 0 unspecified atom stereocenters. The van der Waals surface area contributed by atoms with Crippen LogP contribution >= 0.6 is 15.9 Å². The van der Waals surface area contributed by atoms with Crippen LogP contribution in [-0.4, -0.2) is 30.0 Å². The maximum Gasteiger partial charge on any atom is 0.267 e. The first-order valence-electron chi connectivity index (χ1n) is 5.11. The van der Waals surface area contributed by atoms with Crippen molar-refractivity contribution in [3.05, 3.63) is 22.4 Å². The third-order valence-electron chi connectivity index (χ3n) is 2.31. The second-order valence-electron chi connectivity index (χ2n) is 3.72. The van der Waals surface area contributed by atoms with E-state index in [0.717, 1.165) is 11.0 Å². The molecule has 1 aliphatic rings. The summed E-state index contributed by atoms with van der Waals surface area (Å²) in [6.45, 7) is 1.52. The predicted octanol–water partition coefficient (Wildman–Crippen LogP) is 1.26. The Hall–Kier alpha value is -0.810. The van der Waals surface area contributed by atoms with Gasteiger partial charge in [-0.15, -0.1) is 0 Å². The number of amides is 1. The zero-order chi connectivity index (χ0) is 10.7. The van der Waals surface area contributed by atoms with Crippen LogP contribution in [0.4, 0.5) is 0 Å². The lowest BCUT2D eigenvalue weighted by Crippen LogP contribution is -2.32. The van der Waals surface area contributed by atoms with E-state index in [2.05, 4.69) is 31.5 Å². The molecule has 0 bridgehead atoms. The van der Waals surface area contributed by atoms with Crippen LogP contribution in [0, 0.1) is 0 Å². The van der Waals surface area contributed by atoms with Crippen molar-refractivity contribution >= 4 is 21.8 Å². The largest absolute Gasteiger partial charge is 0.356 e. The summed E-state index contributed by atoms with van der Waals surface area (Å²) in [5.41, 5.74) is 0.591. The normalized spacial score (nSPS) is 15.3. The Balaban J connectivity index is 1.67. The predicted molar refractivity (Wildman–Crippen MR) is 61.9 cm³/mol. The Morgan fingerprint density at radius 3 is 2.93 bits per heavy atom. The lowest BCUT2D eigenvalue weighted by atomic mass is 10.4. The van der Waals surface area contributed by atoms with E-state index < -0.39 is 0 Å². The fraction of sp³-hybridized carbons (Fsp3) is 0.500. The smallest absolute Gasteiger partial charge is 0.267 e. The molecule has 0 atom stereocenters. The zero-order valence-electron chi connectivity index (χ0n) is 8.35. The first kappa shape index (κ1) is 10.7. The van der Waals surface area contributed by atoms with E-state index in [-0.39, 0.29) is 5.91 Å². The van der Waals surface area contributed by atoms with E-state index in [1.807, 2.05) is 0 Å². The number of H-pyrrole nitrogens is 1. The Bertz CT molecular complexity index is 346. The number of aromatic nitrogens is 1. The quantitative estimate of drug-likeness (QED) is 0.707. The molecule has 1 heterocycles. The first-order valence-corrected chi connectivity index (χ1v) is 5.90. The zero-order valence-corrected chi connectivity index (χ0v) is 9.93. The number of aromatic amines is 1. The van der Waals surface area contributed by atoms with Gasteiger partial charge in [-0.25, -0.2) is 0 Å². The first-order chi connectivity index (χ1) is 7.25. The Morgan fingerprint density at radius 1 is 1.53 bits per heavy atom. The van der Waals surface area contributed by atoms with Gasteiger partial charge in [0.2, 0.25) is 0 Å². The summed E-state index contributed by atoms with van der Waals surface area (Å²) in [6.07, 6.45) is 4.30. The van der Waals surface area contributed by atoms with Gasteiger partial charge < -0.3 is 15.6 Å². The van der Waals surface area contributed by atoms with Crippen LogP contribution in [0.25, 0.3) is 0 Å². The van der Waals surface area contributed by atoms with Gasteiger partial charge in [-0.1, -0.05) is 0 Å². The molecule has 15 heavy (non-hydrogen) atoms. The van der Waals surface area contributed by atoms with Gasteiger partial charge in [0.15, 0.2) is 0 Å². The van der Waals surface area contributed by atoms with Crippen molar-refractivity contribution < 1.29 is 4.79 Å².